The lowest BCUT2D eigenvalue weighted by atomic mass is 9.41. The van der Waals surface area contributed by atoms with Crippen LogP contribution in [0.1, 0.15) is 73.6 Å². The Morgan fingerprint density at radius 1 is 1.21 bits per heavy atom. The van der Waals surface area contributed by atoms with E-state index in [9.17, 15) is 24.6 Å². The molecule has 10 atom stereocenters. The van der Waals surface area contributed by atoms with Crippen molar-refractivity contribution >= 4 is 17.7 Å². The monoisotopic (exact) mass is 542 g/mol. The predicted octanol–water partition coefficient (Wildman–Crippen LogP) is 3.59. The topological polar surface area (TPSA) is 119 Å². The molecule has 0 aromatic carbocycles. The zero-order valence-electron chi connectivity index (χ0n) is 24.1. The van der Waals surface area contributed by atoms with Gasteiger partial charge in [0.25, 0.3) is 0 Å². The number of allylic oxidation sites excluding steroid dienone is 1. The maximum Gasteiger partial charge on any atom is 0.333 e. The average molecular weight is 543 g/mol. The third kappa shape index (κ3) is 3.50. The lowest BCUT2D eigenvalue weighted by Gasteiger charge is -2.66. The Morgan fingerprint density at radius 3 is 2.51 bits per heavy atom. The van der Waals surface area contributed by atoms with Gasteiger partial charge < -0.3 is 24.4 Å². The summed E-state index contributed by atoms with van der Waals surface area (Å²) in [5, 5.41) is 24.5. The van der Waals surface area contributed by atoms with E-state index in [0.717, 1.165) is 11.1 Å². The number of ketones is 1. The number of rotatable bonds is 4. The molecule has 0 spiro atoms. The van der Waals surface area contributed by atoms with Gasteiger partial charge in [0.2, 0.25) is 0 Å². The molecule has 0 amide bonds. The zero-order chi connectivity index (χ0) is 28.7. The van der Waals surface area contributed by atoms with Crippen LogP contribution in [-0.2, 0) is 28.6 Å². The van der Waals surface area contributed by atoms with E-state index in [4.69, 9.17) is 14.2 Å². The van der Waals surface area contributed by atoms with Crippen LogP contribution in [0.15, 0.2) is 34.9 Å². The highest BCUT2D eigenvalue weighted by Crippen LogP contribution is 2.69. The van der Waals surface area contributed by atoms with Crippen molar-refractivity contribution in [3.05, 3.63) is 34.9 Å². The molecule has 214 valence electrons. The summed E-state index contributed by atoms with van der Waals surface area (Å²) in [6, 6.07) is 0. The minimum atomic E-state index is -1.57. The minimum Gasteiger partial charge on any atom is -0.458 e. The number of aliphatic hydroxyl groups is 2. The van der Waals surface area contributed by atoms with Gasteiger partial charge in [-0.3, -0.25) is 9.59 Å². The average Bonchev–Trinajstić information content (AvgIpc) is 3.10. The number of ether oxygens (including phenoxy) is 3. The number of aliphatic hydroxyl groups excluding tert-OH is 1. The summed E-state index contributed by atoms with van der Waals surface area (Å²) in [4.78, 5) is 38.5. The lowest BCUT2D eigenvalue weighted by Crippen LogP contribution is -2.74. The van der Waals surface area contributed by atoms with Crippen molar-refractivity contribution in [3.63, 3.8) is 0 Å². The molecule has 5 rings (SSSR count). The number of fused-ring (bicyclic) bond motifs is 5. The Balaban J connectivity index is 1.59. The highest BCUT2D eigenvalue weighted by Gasteiger charge is 2.75. The molecule has 2 saturated carbocycles. The van der Waals surface area contributed by atoms with Crippen LogP contribution >= 0.6 is 0 Å². The largest absolute Gasteiger partial charge is 0.458 e. The van der Waals surface area contributed by atoms with Gasteiger partial charge in [-0.05, 0) is 70.4 Å². The van der Waals surface area contributed by atoms with E-state index >= 15 is 0 Å². The highest BCUT2D eigenvalue weighted by atomic mass is 16.6. The molecule has 0 saturated heterocycles. The summed E-state index contributed by atoms with van der Waals surface area (Å²) < 4.78 is 17.6. The Kier molecular flexibility index (Phi) is 6.60. The number of hydrogen-bond donors (Lipinski definition) is 2. The van der Waals surface area contributed by atoms with E-state index in [1.54, 1.807) is 19.1 Å². The van der Waals surface area contributed by atoms with E-state index in [2.05, 4.69) is 0 Å². The number of esters is 2. The van der Waals surface area contributed by atoms with Gasteiger partial charge >= 0.3 is 11.9 Å². The van der Waals surface area contributed by atoms with Gasteiger partial charge in [0.05, 0.1) is 11.5 Å². The van der Waals surface area contributed by atoms with E-state index in [-0.39, 0.29) is 30.0 Å². The smallest absolute Gasteiger partial charge is 0.333 e. The Bertz CT molecular complexity index is 1200. The van der Waals surface area contributed by atoms with Crippen molar-refractivity contribution in [2.45, 2.75) is 103 Å². The molecule has 5 aliphatic rings. The van der Waals surface area contributed by atoms with Crippen molar-refractivity contribution in [2.24, 2.45) is 28.6 Å². The van der Waals surface area contributed by atoms with Crippen molar-refractivity contribution in [1.82, 2.24) is 0 Å². The number of methoxy groups -OCH3 is 1. The quantitative estimate of drug-likeness (QED) is 0.409. The second-order valence-electron chi connectivity index (χ2n) is 12.9. The molecule has 1 heterocycles. The zero-order valence-corrected chi connectivity index (χ0v) is 24.1. The lowest BCUT2D eigenvalue weighted by molar-refractivity contribution is -0.279. The number of carbonyl (C=O) groups is 3. The van der Waals surface area contributed by atoms with Crippen LogP contribution in [0.3, 0.4) is 0 Å². The summed E-state index contributed by atoms with van der Waals surface area (Å²) in [7, 11) is 1.54. The van der Waals surface area contributed by atoms with E-state index in [1.165, 1.54) is 14.0 Å². The van der Waals surface area contributed by atoms with Gasteiger partial charge in [0.1, 0.15) is 23.4 Å². The minimum absolute atomic E-state index is 0.119. The van der Waals surface area contributed by atoms with Crippen molar-refractivity contribution in [2.75, 3.05) is 7.11 Å². The normalized spacial score (nSPS) is 46.1. The van der Waals surface area contributed by atoms with Crippen LogP contribution in [0.25, 0.3) is 0 Å². The second kappa shape index (κ2) is 9.11. The summed E-state index contributed by atoms with van der Waals surface area (Å²) in [5.41, 5.74) is -2.08. The van der Waals surface area contributed by atoms with Crippen LogP contribution in [0.5, 0.6) is 0 Å². The molecule has 1 aliphatic heterocycles. The Hall–Kier alpha value is -2.29. The Morgan fingerprint density at radius 2 is 1.90 bits per heavy atom. The third-order valence-corrected chi connectivity index (χ3v) is 11.5. The van der Waals surface area contributed by atoms with Crippen molar-refractivity contribution in [1.29, 1.82) is 0 Å². The highest BCUT2D eigenvalue weighted by molar-refractivity contribution is 5.97. The summed E-state index contributed by atoms with van der Waals surface area (Å²) in [6.45, 7) is 10.9. The van der Waals surface area contributed by atoms with E-state index in [1.807, 2.05) is 33.8 Å². The number of cyclic esters (lactones) is 1. The fraction of sp³-hybridized carbons (Fsp3) is 0.710. The fourth-order valence-corrected chi connectivity index (χ4v) is 9.08. The molecule has 2 fully saturated rings. The molecule has 0 radical (unpaired) electrons. The molecule has 8 nitrogen and oxygen atoms in total. The first kappa shape index (κ1) is 28.2. The number of hydrogen-bond acceptors (Lipinski definition) is 8. The summed E-state index contributed by atoms with van der Waals surface area (Å²) in [5.74, 6) is -2.07. The first-order valence-electron chi connectivity index (χ1n) is 14.1. The number of carbonyl (C=O) groups excluding carboxylic acids is 3. The molecule has 0 aromatic heterocycles. The third-order valence-electron chi connectivity index (χ3n) is 11.5. The molecule has 4 aliphatic carbocycles. The van der Waals surface area contributed by atoms with Crippen molar-refractivity contribution < 1.29 is 38.8 Å². The maximum absolute atomic E-state index is 13.6. The van der Waals surface area contributed by atoms with Gasteiger partial charge in [0, 0.05) is 37.4 Å². The van der Waals surface area contributed by atoms with Crippen LogP contribution in [0, 0.1) is 28.6 Å². The molecule has 2 N–H and O–H groups in total. The van der Waals surface area contributed by atoms with Gasteiger partial charge in [-0.25, -0.2) is 4.79 Å². The summed E-state index contributed by atoms with van der Waals surface area (Å²) in [6.07, 6.45) is 5.14. The predicted molar refractivity (Wildman–Crippen MR) is 142 cm³/mol. The standard InChI is InChI=1S/C31H42O8/c1-16-13-23(39-27(35)17(16)2)18(3)21-15-26(38-19(4)32)31(36)22-14-25(34)30(37-7)11-8-9-24(33)29(30,6)20(22)10-12-28(21,31)5/h8-9,15,18,20,22-23,25-26,34,36H,10-14H2,1-7H3/t18-,20-,22+,23+,25+,26-,28+,29-,30-,31+/m0/s1. The van der Waals surface area contributed by atoms with E-state index < -0.39 is 52.2 Å². The second-order valence-corrected chi connectivity index (χ2v) is 12.9. The van der Waals surface area contributed by atoms with Crippen LogP contribution in [-0.4, -0.2) is 64.6 Å². The van der Waals surface area contributed by atoms with Gasteiger partial charge in [-0.15, -0.1) is 0 Å². The SMILES string of the molecule is CO[C@]12CC=CC(=O)[C@]1(C)[C@H]1CC[C@]3(C)C([C@H](C)[C@H]4CC(C)=C(C)C(=O)O4)=C[C@H](OC(C)=O)[C@]3(O)[C@@H]1C[C@H]2O. The van der Waals surface area contributed by atoms with Crippen LogP contribution in [0.2, 0.25) is 0 Å². The van der Waals surface area contributed by atoms with Crippen LogP contribution < -0.4 is 0 Å². The van der Waals surface area contributed by atoms with Gasteiger partial charge in [-0.1, -0.05) is 31.1 Å². The van der Waals surface area contributed by atoms with Crippen LogP contribution in [0.4, 0.5) is 0 Å². The van der Waals surface area contributed by atoms with Gasteiger partial charge in [0.15, 0.2) is 5.78 Å². The van der Waals surface area contributed by atoms with E-state index in [0.29, 0.717) is 31.3 Å². The molecule has 0 unspecified atom stereocenters. The molecule has 8 heteroatoms. The molecule has 0 aromatic rings. The first-order valence-corrected chi connectivity index (χ1v) is 14.1. The molecule has 39 heavy (non-hydrogen) atoms. The van der Waals surface area contributed by atoms with Crippen molar-refractivity contribution in [3.8, 4) is 0 Å². The maximum atomic E-state index is 13.6. The Labute approximate surface area is 230 Å². The van der Waals surface area contributed by atoms with Gasteiger partial charge in [-0.2, -0.15) is 0 Å². The molecule has 0 bridgehead atoms. The molecular weight excluding hydrogens is 500 g/mol. The molecular formula is C31H42O8. The summed E-state index contributed by atoms with van der Waals surface area (Å²) >= 11 is 0. The first-order chi connectivity index (χ1) is 18.2. The fourth-order valence-electron chi connectivity index (χ4n) is 9.08.